The summed E-state index contributed by atoms with van der Waals surface area (Å²) in [7, 11) is 0. The monoisotopic (exact) mass is 367 g/mol. The molecule has 1 aromatic rings. The topological polar surface area (TPSA) is 93.4 Å². The molecular weight excluding hydrogens is 342 g/mol. The maximum absolute atomic E-state index is 12.7. The van der Waals surface area contributed by atoms with E-state index in [4.69, 9.17) is 10.5 Å². The van der Waals surface area contributed by atoms with Gasteiger partial charge in [-0.2, -0.15) is 0 Å². The number of nitrogens with one attached hydrogen (secondary N) is 2. The number of anilines is 2. The Hall–Kier alpha value is -1.63. The highest BCUT2D eigenvalue weighted by molar-refractivity contribution is 6.00. The molecule has 1 fully saturated rings. The van der Waals surface area contributed by atoms with Gasteiger partial charge in [0.05, 0.1) is 6.10 Å². The number of carbonyl (C=O) groups is 2. The van der Waals surface area contributed by atoms with Crippen LogP contribution < -0.4 is 16.4 Å². The molecule has 1 heterocycles. The van der Waals surface area contributed by atoms with Gasteiger partial charge in [-0.05, 0) is 37.1 Å². The average Bonchev–Trinajstić information content (AvgIpc) is 2.54. The third-order valence-corrected chi connectivity index (χ3v) is 5.49. The standard InChI is InChI=1S/C18H25N3O3.ClH/c1-4-24-14-10-18(19,17(14,2)3)16(23)20-12-6-7-13-11(9-12)5-8-15(22)21-13;/h6-7,9,14H,4-5,8,10,19H2,1-3H3,(H,20,23)(H,21,22);1H. The van der Waals surface area contributed by atoms with E-state index in [0.29, 0.717) is 31.6 Å². The van der Waals surface area contributed by atoms with E-state index in [9.17, 15) is 9.59 Å². The second-order valence-electron chi connectivity index (χ2n) is 7.22. The highest BCUT2D eigenvalue weighted by Gasteiger charge is 2.62. The summed E-state index contributed by atoms with van der Waals surface area (Å²) in [5.74, 6) is -0.165. The quantitative estimate of drug-likeness (QED) is 0.762. The summed E-state index contributed by atoms with van der Waals surface area (Å²) in [5.41, 5.74) is 7.57. The highest BCUT2D eigenvalue weighted by Crippen LogP contribution is 2.50. The Morgan fingerprint density at radius 2 is 2.12 bits per heavy atom. The summed E-state index contributed by atoms with van der Waals surface area (Å²) in [6, 6.07) is 5.51. The van der Waals surface area contributed by atoms with Crippen molar-refractivity contribution in [2.24, 2.45) is 11.1 Å². The van der Waals surface area contributed by atoms with Crippen LogP contribution in [0.3, 0.4) is 0 Å². The zero-order valence-corrected chi connectivity index (χ0v) is 15.7. The van der Waals surface area contributed by atoms with E-state index in [0.717, 1.165) is 11.3 Å². The van der Waals surface area contributed by atoms with Gasteiger partial charge in [0.1, 0.15) is 5.54 Å². The molecule has 25 heavy (non-hydrogen) atoms. The van der Waals surface area contributed by atoms with Gasteiger partial charge in [0.15, 0.2) is 0 Å². The number of ether oxygens (including phenoxy) is 1. The molecule has 4 N–H and O–H groups in total. The fourth-order valence-electron chi connectivity index (χ4n) is 3.52. The lowest BCUT2D eigenvalue weighted by molar-refractivity contribution is -0.166. The van der Waals surface area contributed by atoms with Crippen molar-refractivity contribution in [1.82, 2.24) is 0 Å². The Labute approximate surface area is 154 Å². The molecule has 138 valence electrons. The predicted molar refractivity (Wildman–Crippen MR) is 100 cm³/mol. The Kier molecular flexibility index (Phi) is 5.47. The molecule has 0 aromatic heterocycles. The lowest BCUT2D eigenvalue weighted by Gasteiger charge is -2.57. The van der Waals surface area contributed by atoms with Crippen LogP contribution in [0.5, 0.6) is 0 Å². The van der Waals surface area contributed by atoms with Gasteiger partial charge >= 0.3 is 0 Å². The van der Waals surface area contributed by atoms with E-state index < -0.39 is 11.0 Å². The van der Waals surface area contributed by atoms with Crippen molar-refractivity contribution in [1.29, 1.82) is 0 Å². The zero-order valence-electron chi connectivity index (χ0n) is 14.8. The van der Waals surface area contributed by atoms with Crippen LogP contribution >= 0.6 is 12.4 Å². The molecule has 0 bridgehead atoms. The molecule has 3 rings (SSSR count). The van der Waals surface area contributed by atoms with E-state index in [1.54, 1.807) is 6.07 Å². The van der Waals surface area contributed by atoms with Gasteiger partial charge in [0.25, 0.3) is 0 Å². The first-order valence-electron chi connectivity index (χ1n) is 8.42. The van der Waals surface area contributed by atoms with E-state index in [2.05, 4.69) is 10.6 Å². The highest BCUT2D eigenvalue weighted by atomic mass is 35.5. The van der Waals surface area contributed by atoms with Gasteiger partial charge in [0.2, 0.25) is 11.8 Å². The van der Waals surface area contributed by atoms with E-state index >= 15 is 0 Å². The predicted octanol–water partition coefficient (Wildman–Crippen LogP) is 2.46. The molecule has 7 heteroatoms. The SMILES string of the molecule is CCOC1CC(N)(C(=O)Nc2ccc3c(c2)CCC(=O)N3)C1(C)C.Cl. The summed E-state index contributed by atoms with van der Waals surface area (Å²) in [6.45, 7) is 6.50. The molecule has 1 aliphatic heterocycles. The van der Waals surface area contributed by atoms with Crippen molar-refractivity contribution in [2.75, 3.05) is 17.2 Å². The van der Waals surface area contributed by atoms with Gasteiger partial charge in [0, 0.05) is 36.2 Å². The fourth-order valence-corrected chi connectivity index (χ4v) is 3.52. The molecule has 6 nitrogen and oxygen atoms in total. The first-order valence-corrected chi connectivity index (χ1v) is 8.42. The lowest BCUT2D eigenvalue weighted by atomic mass is 9.54. The number of amides is 2. The van der Waals surface area contributed by atoms with Crippen LogP contribution in [0.15, 0.2) is 18.2 Å². The molecule has 2 unspecified atom stereocenters. The Balaban J connectivity index is 0.00000225. The fraction of sp³-hybridized carbons (Fsp3) is 0.556. The molecule has 0 saturated heterocycles. The Morgan fingerprint density at radius 1 is 1.40 bits per heavy atom. The number of halogens is 1. The lowest BCUT2D eigenvalue weighted by Crippen LogP contribution is -2.74. The van der Waals surface area contributed by atoms with Crippen molar-refractivity contribution in [2.45, 2.75) is 51.7 Å². The molecule has 1 saturated carbocycles. The molecule has 0 spiro atoms. The molecule has 1 aliphatic carbocycles. The maximum Gasteiger partial charge on any atom is 0.245 e. The summed E-state index contributed by atoms with van der Waals surface area (Å²) < 4.78 is 5.67. The third kappa shape index (κ3) is 3.26. The molecule has 2 aliphatic rings. The van der Waals surface area contributed by atoms with Crippen LogP contribution in [0, 0.1) is 5.41 Å². The number of rotatable bonds is 4. The Bertz CT molecular complexity index is 692. The molecule has 2 amide bonds. The number of nitrogens with two attached hydrogens (primary N) is 1. The largest absolute Gasteiger partial charge is 0.378 e. The van der Waals surface area contributed by atoms with Crippen molar-refractivity contribution >= 4 is 35.6 Å². The van der Waals surface area contributed by atoms with Gasteiger partial charge in [-0.15, -0.1) is 12.4 Å². The maximum atomic E-state index is 12.7. The summed E-state index contributed by atoms with van der Waals surface area (Å²) in [5, 5.41) is 5.76. The van der Waals surface area contributed by atoms with E-state index in [-0.39, 0.29) is 30.3 Å². The van der Waals surface area contributed by atoms with Gasteiger partial charge < -0.3 is 21.1 Å². The molecule has 1 aromatic carbocycles. The molecule has 0 radical (unpaired) electrons. The van der Waals surface area contributed by atoms with Gasteiger partial charge in [-0.3, -0.25) is 9.59 Å². The van der Waals surface area contributed by atoms with Crippen molar-refractivity contribution < 1.29 is 14.3 Å². The van der Waals surface area contributed by atoms with Crippen LogP contribution in [0.2, 0.25) is 0 Å². The molecular formula is C18H26ClN3O3. The number of hydrogen-bond acceptors (Lipinski definition) is 4. The summed E-state index contributed by atoms with van der Waals surface area (Å²) in [4.78, 5) is 24.2. The number of carbonyl (C=O) groups excluding carboxylic acids is 2. The summed E-state index contributed by atoms with van der Waals surface area (Å²) in [6.07, 6.45) is 1.66. The van der Waals surface area contributed by atoms with Crippen molar-refractivity contribution in [3.8, 4) is 0 Å². The number of benzene rings is 1. The van der Waals surface area contributed by atoms with Gasteiger partial charge in [-0.25, -0.2) is 0 Å². The zero-order chi connectivity index (χ0) is 17.5. The average molecular weight is 368 g/mol. The number of aryl methyl sites for hydroxylation is 1. The second kappa shape index (κ2) is 6.94. The third-order valence-electron chi connectivity index (χ3n) is 5.49. The van der Waals surface area contributed by atoms with Crippen LogP contribution in [-0.4, -0.2) is 30.1 Å². The van der Waals surface area contributed by atoms with Crippen LogP contribution in [0.4, 0.5) is 11.4 Å². The van der Waals surface area contributed by atoms with Crippen LogP contribution in [-0.2, 0) is 20.7 Å². The van der Waals surface area contributed by atoms with Crippen LogP contribution in [0.25, 0.3) is 0 Å². The van der Waals surface area contributed by atoms with E-state index in [1.807, 2.05) is 32.9 Å². The minimum absolute atomic E-state index is 0. The van der Waals surface area contributed by atoms with Gasteiger partial charge in [-0.1, -0.05) is 13.8 Å². The first-order chi connectivity index (χ1) is 11.3. The first kappa shape index (κ1) is 19.7. The minimum atomic E-state index is -0.947. The summed E-state index contributed by atoms with van der Waals surface area (Å²) >= 11 is 0. The minimum Gasteiger partial charge on any atom is -0.378 e. The normalized spacial score (nSPS) is 26.6. The smallest absolute Gasteiger partial charge is 0.245 e. The van der Waals surface area contributed by atoms with E-state index in [1.165, 1.54) is 0 Å². The Morgan fingerprint density at radius 3 is 2.76 bits per heavy atom. The van der Waals surface area contributed by atoms with Crippen molar-refractivity contribution in [3.63, 3.8) is 0 Å². The number of fused-ring (bicyclic) bond motifs is 1. The van der Waals surface area contributed by atoms with Crippen LogP contribution in [0.1, 0.15) is 39.2 Å². The number of hydrogen-bond donors (Lipinski definition) is 3. The molecule has 2 atom stereocenters. The second-order valence-corrected chi connectivity index (χ2v) is 7.22. The van der Waals surface area contributed by atoms with Crippen molar-refractivity contribution in [3.05, 3.63) is 23.8 Å².